The van der Waals surface area contributed by atoms with Crippen LogP contribution in [0.1, 0.15) is 11.3 Å². The predicted molar refractivity (Wildman–Crippen MR) is 95.5 cm³/mol. The van der Waals surface area contributed by atoms with Gasteiger partial charge in [0.2, 0.25) is 5.91 Å². The number of carbonyl (C=O) groups is 1. The molecular formula is C19H17N5O2. The average molecular weight is 347 g/mol. The van der Waals surface area contributed by atoms with Gasteiger partial charge in [-0.15, -0.1) is 0 Å². The second-order valence-electron chi connectivity index (χ2n) is 6.16. The van der Waals surface area contributed by atoms with Crippen molar-refractivity contribution in [1.29, 1.82) is 5.26 Å². The first kappa shape index (κ1) is 16.1. The van der Waals surface area contributed by atoms with Crippen LogP contribution in [0, 0.1) is 11.3 Å². The third-order valence-electron chi connectivity index (χ3n) is 4.61. The van der Waals surface area contributed by atoms with Gasteiger partial charge in [-0.3, -0.25) is 4.79 Å². The maximum absolute atomic E-state index is 12.6. The van der Waals surface area contributed by atoms with Gasteiger partial charge in [-0.25, -0.2) is 4.98 Å². The largest absolute Gasteiger partial charge is 0.356 e. The van der Waals surface area contributed by atoms with E-state index in [4.69, 9.17) is 4.52 Å². The quantitative estimate of drug-likeness (QED) is 0.720. The maximum atomic E-state index is 12.6. The molecule has 0 bridgehead atoms. The minimum atomic E-state index is 0.0326. The van der Waals surface area contributed by atoms with Gasteiger partial charge in [0.15, 0.2) is 5.58 Å². The lowest BCUT2D eigenvalue weighted by Gasteiger charge is -2.35. The van der Waals surface area contributed by atoms with Crippen molar-refractivity contribution in [2.24, 2.45) is 0 Å². The average Bonchev–Trinajstić information content (AvgIpc) is 3.11. The Bertz CT molecular complexity index is 983. The lowest BCUT2D eigenvalue weighted by Crippen LogP contribution is -2.49. The number of benzene rings is 1. The third-order valence-corrected chi connectivity index (χ3v) is 4.61. The van der Waals surface area contributed by atoms with Crippen molar-refractivity contribution in [3.63, 3.8) is 0 Å². The van der Waals surface area contributed by atoms with Crippen LogP contribution in [-0.2, 0) is 11.2 Å². The van der Waals surface area contributed by atoms with E-state index < -0.39 is 0 Å². The molecule has 1 aliphatic heterocycles. The molecule has 7 heteroatoms. The molecule has 0 unspecified atom stereocenters. The van der Waals surface area contributed by atoms with Crippen molar-refractivity contribution in [3.8, 4) is 6.07 Å². The molecule has 2 aromatic heterocycles. The first-order valence-electron chi connectivity index (χ1n) is 8.47. The van der Waals surface area contributed by atoms with E-state index in [1.165, 1.54) is 0 Å². The van der Waals surface area contributed by atoms with Crippen LogP contribution in [0.15, 0.2) is 47.1 Å². The van der Waals surface area contributed by atoms with E-state index in [0.717, 1.165) is 5.39 Å². The van der Waals surface area contributed by atoms with Crippen LogP contribution in [0.2, 0.25) is 0 Å². The Kier molecular flexibility index (Phi) is 4.23. The Morgan fingerprint density at radius 3 is 2.77 bits per heavy atom. The lowest BCUT2D eigenvalue weighted by molar-refractivity contribution is -0.130. The Balaban J connectivity index is 1.42. The molecule has 1 amide bonds. The normalized spacial score (nSPS) is 14.4. The summed E-state index contributed by atoms with van der Waals surface area (Å²) in [5.41, 5.74) is 1.92. The van der Waals surface area contributed by atoms with Crippen molar-refractivity contribution in [2.45, 2.75) is 6.42 Å². The number of hydrogen-bond acceptors (Lipinski definition) is 6. The number of rotatable bonds is 3. The molecule has 0 N–H and O–H groups in total. The summed E-state index contributed by atoms with van der Waals surface area (Å²) in [7, 11) is 0. The maximum Gasteiger partial charge on any atom is 0.228 e. The summed E-state index contributed by atoms with van der Waals surface area (Å²) in [6.07, 6.45) is 1.91. The molecule has 130 valence electrons. The van der Waals surface area contributed by atoms with Gasteiger partial charge in [0.1, 0.15) is 17.6 Å². The molecule has 3 aromatic rings. The standard InChI is InChI=1S/C19H17N5O2/c20-13-14-4-3-7-21-19(14)24-10-8-23(9-11-24)18(25)12-16-15-5-1-2-6-17(15)26-22-16/h1-7H,8-12H2. The Morgan fingerprint density at radius 1 is 1.15 bits per heavy atom. The molecule has 26 heavy (non-hydrogen) atoms. The molecule has 0 atom stereocenters. The summed E-state index contributed by atoms with van der Waals surface area (Å²) in [5.74, 6) is 0.717. The van der Waals surface area contributed by atoms with Crippen LogP contribution in [-0.4, -0.2) is 47.1 Å². The van der Waals surface area contributed by atoms with Crippen LogP contribution in [0.5, 0.6) is 0 Å². The van der Waals surface area contributed by atoms with Gasteiger partial charge in [0.05, 0.1) is 12.0 Å². The topological polar surface area (TPSA) is 86.3 Å². The fourth-order valence-electron chi connectivity index (χ4n) is 3.22. The number of piperazine rings is 1. The molecule has 4 rings (SSSR count). The van der Waals surface area contributed by atoms with Gasteiger partial charge in [-0.2, -0.15) is 5.26 Å². The minimum absolute atomic E-state index is 0.0326. The first-order valence-corrected chi connectivity index (χ1v) is 8.47. The zero-order valence-corrected chi connectivity index (χ0v) is 14.1. The highest BCUT2D eigenvalue weighted by Gasteiger charge is 2.24. The minimum Gasteiger partial charge on any atom is -0.356 e. The van der Waals surface area contributed by atoms with Gasteiger partial charge >= 0.3 is 0 Å². The number of anilines is 1. The monoisotopic (exact) mass is 347 g/mol. The highest BCUT2D eigenvalue weighted by molar-refractivity contribution is 5.86. The van der Waals surface area contributed by atoms with Gasteiger partial charge in [-0.1, -0.05) is 17.3 Å². The fraction of sp³-hybridized carbons (Fsp3) is 0.263. The van der Waals surface area contributed by atoms with Gasteiger partial charge < -0.3 is 14.3 Å². The predicted octanol–water partition coefficient (Wildman–Crippen LogP) is 1.99. The number of pyridine rings is 1. The van der Waals surface area contributed by atoms with Crippen molar-refractivity contribution >= 4 is 22.7 Å². The van der Waals surface area contributed by atoms with E-state index in [2.05, 4.69) is 16.2 Å². The molecule has 1 aliphatic rings. The van der Waals surface area contributed by atoms with Crippen LogP contribution < -0.4 is 4.90 Å². The smallest absolute Gasteiger partial charge is 0.228 e. The summed E-state index contributed by atoms with van der Waals surface area (Å²) < 4.78 is 5.27. The second-order valence-corrected chi connectivity index (χ2v) is 6.16. The third kappa shape index (κ3) is 2.97. The van der Waals surface area contributed by atoms with Crippen molar-refractivity contribution in [3.05, 3.63) is 53.9 Å². The summed E-state index contributed by atoms with van der Waals surface area (Å²) in [6, 6.07) is 13.2. The Labute approximate surface area is 150 Å². The van der Waals surface area contributed by atoms with E-state index >= 15 is 0 Å². The molecular weight excluding hydrogens is 330 g/mol. The number of nitrogens with zero attached hydrogens (tertiary/aromatic N) is 5. The number of fused-ring (bicyclic) bond motifs is 1. The van der Waals surface area contributed by atoms with E-state index in [1.54, 1.807) is 18.3 Å². The molecule has 3 heterocycles. The SMILES string of the molecule is N#Cc1cccnc1N1CCN(C(=O)Cc2noc3ccccc23)CC1. The van der Waals surface area contributed by atoms with Gasteiger partial charge in [0.25, 0.3) is 0 Å². The number of amides is 1. The van der Waals surface area contributed by atoms with Crippen LogP contribution >= 0.6 is 0 Å². The Hall–Kier alpha value is -3.40. The highest BCUT2D eigenvalue weighted by atomic mass is 16.5. The first-order chi connectivity index (χ1) is 12.8. The molecule has 1 fully saturated rings. The molecule has 0 spiro atoms. The van der Waals surface area contributed by atoms with E-state index in [9.17, 15) is 10.1 Å². The molecule has 0 aliphatic carbocycles. The van der Waals surface area contributed by atoms with Crippen molar-refractivity contribution in [2.75, 3.05) is 31.1 Å². The summed E-state index contributed by atoms with van der Waals surface area (Å²) in [5, 5.41) is 14.1. The number of hydrogen-bond donors (Lipinski definition) is 0. The van der Waals surface area contributed by atoms with Gasteiger partial charge in [-0.05, 0) is 24.3 Å². The zero-order valence-electron chi connectivity index (χ0n) is 14.1. The van der Waals surface area contributed by atoms with Gasteiger partial charge in [0, 0.05) is 37.8 Å². The zero-order chi connectivity index (χ0) is 17.9. The van der Waals surface area contributed by atoms with Crippen molar-refractivity contribution in [1.82, 2.24) is 15.0 Å². The highest BCUT2D eigenvalue weighted by Crippen LogP contribution is 2.20. The number of nitriles is 1. The van der Waals surface area contributed by atoms with E-state index in [1.807, 2.05) is 34.1 Å². The summed E-state index contributed by atoms with van der Waals surface area (Å²) >= 11 is 0. The molecule has 1 saturated heterocycles. The molecule has 1 aromatic carbocycles. The Morgan fingerprint density at radius 2 is 1.96 bits per heavy atom. The number of aromatic nitrogens is 2. The van der Waals surface area contributed by atoms with Crippen LogP contribution in [0.3, 0.4) is 0 Å². The molecule has 0 radical (unpaired) electrons. The fourth-order valence-corrected chi connectivity index (χ4v) is 3.22. The number of carbonyl (C=O) groups excluding carboxylic acids is 1. The van der Waals surface area contributed by atoms with E-state index in [0.29, 0.717) is 48.8 Å². The lowest BCUT2D eigenvalue weighted by atomic mass is 10.1. The van der Waals surface area contributed by atoms with E-state index in [-0.39, 0.29) is 12.3 Å². The van der Waals surface area contributed by atoms with Crippen LogP contribution in [0.25, 0.3) is 11.0 Å². The summed E-state index contributed by atoms with van der Waals surface area (Å²) in [4.78, 5) is 20.8. The second kappa shape index (κ2) is 6.84. The van der Waals surface area contributed by atoms with Crippen LogP contribution in [0.4, 0.5) is 5.82 Å². The summed E-state index contributed by atoms with van der Waals surface area (Å²) in [6.45, 7) is 2.49. The van der Waals surface area contributed by atoms with Crippen molar-refractivity contribution < 1.29 is 9.32 Å². The number of para-hydroxylation sites is 1. The molecule has 0 saturated carbocycles. The molecule has 7 nitrogen and oxygen atoms in total.